The van der Waals surface area contributed by atoms with Gasteiger partial charge in [0, 0.05) is 12.0 Å². The topological polar surface area (TPSA) is 18.5 Å². The van der Waals surface area contributed by atoms with E-state index in [0.29, 0.717) is 0 Å². The quantitative estimate of drug-likeness (QED) is 0.541. The zero-order chi connectivity index (χ0) is 7.97. The highest BCUT2D eigenvalue weighted by molar-refractivity contribution is 5.64. The number of rotatable bonds is 0. The van der Waals surface area contributed by atoms with Crippen molar-refractivity contribution < 1.29 is 9.78 Å². The SMILES string of the molecule is C1=C2CC2OOc2ccccc21. The summed E-state index contributed by atoms with van der Waals surface area (Å²) < 4.78 is 0. The van der Waals surface area contributed by atoms with Gasteiger partial charge >= 0.3 is 0 Å². The molecular weight excluding hydrogens is 152 g/mol. The number of benzene rings is 1. The Labute approximate surface area is 70.3 Å². The molecule has 0 saturated heterocycles. The van der Waals surface area contributed by atoms with Crippen molar-refractivity contribution >= 4 is 6.08 Å². The molecule has 1 heterocycles. The second-order valence-corrected chi connectivity index (χ2v) is 3.13. The predicted octanol–water partition coefficient (Wildman–Crippen LogP) is 2.17. The molecule has 1 atom stereocenters. The average molecular weight is 160 g/mol. The fraction of sp³-hybridized carbons (Fsp3) is 0.200. The third-order valence-electron chi connectivity index (χ3n) is 2.19. The molecule has 1 fully saturated rings. The van der Waals surface area contributed by atoms with Crippen molar-refractivity contribution in [3.8, 4) is 5.75 Å². The first kappa shape index (κ1) is 6.26. The third-order valence-corrected chi connectivity index (χ3v) is 2.19. The highest BCUT2D eigenvalue weighted by Gasteiger charge is 2.34. The first-order chi connectivity index (χ1) is 5.93. The van der Waals surface area contributed by atoms with Crippen LogP contribution in [0.15, 0.2) is 29.8 Å². The average Bonchev–Trinajstić information content (AvgIpc) is 2.80. The van der Waals surface area contributed by atoms with Crippen LogP contribution in [0.3, 0.4) is 0 Å². The van der Waals surface area contributed by atoms with Crippen LogP contribution in [0.25, 0.3) is 6.08 Å². The van der Waals surface area contributed by atoms with Gasteiger partial charge in [-0.1, -0.05) is 18.2 Å². The summed E-state index contributed by atoms with van der Waals surface area (Å²) >= 11 is 0. The van der Waals surface area contributed by atoms with E-state index in [1.165, 1.54) is 5.57 Å². The highest BCUT2D eigenvalue weighted by atomic mass is 17.2. The maximum atomic E-state index is 5.15. The Balaban J connectivity index is 2.14. The Morgan fingerprint density at radius 2 is 2.17 bits per heavy atom. The van der Waals surface area contributed by atoms with Crippen LogP contribution >= 0.6 is 0 Å². The van der Waals surface area contributed by atoms with Gasteiger partial charge in [0.2, 0.25) is 0 Å². The number of fused-ring (bicyclic) bond motifs is 2. The second kappa shape index (κ2) is 2.11. The molecule has 60 valence electrons. The fourth-order valence-corrected chi connectivity index (χ4v) is 1.39. The second-order valence-electron chi connectivity index (χ2n) is 3.13. The summed E-state index contributed by atoms with van der Waals surface area (Å²) in [6.45, 7) is 0. The summed E-state index contributed by atoms with van der Waals surface area (Å²) in [6.07, 6.45) is 3.39. The largest absolute Gasteiger partial charge is 0.336 e. The first-order valence-electron chi connectivity index (χ1n) is 4.06. The van der Waals surface area contributed by atoms with Gasteiger partial charge in [0.25, 0.3) is 0 Å². The summed E-state index contributed by atoms with van der Waals surface area (Å²) in [5.74, 6) is 0.817. The van der Waals surface area contributed by atoms with E-state index in [1.807, 2.05) is 24.3 Å². The summed E-state index contributed by atoms with van der Waals surface area (Å²) in [7, 11) is 0. The molecule has 2 nitrogen and oxygen atoms in total. The molecular formula is C10H8O2. The molecule has 2 heteroatoms. The lowest BCUT2D eigenvalue weighted by Gasteiger charge is -2.03. The number of para-hydroxylation sites is 1. The molecule has 0 N–H and O–H groups in total. The lowest BCUT2D eigenvalue weighted by molar-refractivity contribution is -0.212. The molecule has 0 amide bonds. The molecule has 0 bridgehead atoms. The molecule has 0 spiro atoms. The van der Waals surface area contributed by atoms with Crippen molar-refractivity contribution in [2.75, 3.05) is 0 Å². The van der Waals surface area contributed by atoms with Gasteiger partial charge in [0.15, 0.2) is 5.75 Å². The van der Waals surface area contributed by atoms with Crippen LogP contribution in [0.5, 0.6) is 5.75 Å². The highest BCUT2D eigenvalue weighted by Crippen LogP contribution is 2.39. The predicted molar refractivity (Wildman–Crippen MR) is 44.5 cm³/mol. The maximum Gasteiger partial charge on any atom is 0.172 e. The van der Waals surface area contributed by atoms with Gasteiger partial charge in [-0.3, -0.25) is 0 Å². The maximum absolute atomic E-state index is 5.15. The molecule has 12 heavy (non-hydrogen) atoms. The molecule has 1 unspecified atom stereocenters. The van der Waals surface area contributed by atoms with Crippen LogP contribution in [0.1, 0.15) is 12.0 Å². The van der Waals surface area contributed by atoms with E-state index in [-0.39, 0.29) is 6.10 Å². The van der Waals surface area contributed by atoms with Crippen LogP contribution in [-0.2, 0) is 4.89 Å². The van der Waals surface area contributed by atoms with Crippen LogP contribution in [0, 0.1) is 0 Å². The van der Waals surface area contributed by atoms with Crippen molar-refractivity contribution in [3.05, 3.63) is 35.4 Å². The van der Waals surface area contributed by atoms with E-state index in [1.54, 1.807) is 0 Å². The summed E-state index contributed by atoms with van der Waals surface area (Å²) in [5, 5.41) is 0. The van der Waals surface area contributed by atoms with Gasteiger partial charge in [-0.15, -0.1) is 0 Å². The van der Waals surface area contributed by atoms with E-state index >= 15 is 0 Å². The van der Waals surface area contributed by atoms with Crippen molar-refractivity contribution in [2.24, 2.45) is 0 Å². The molecule has 0 aromatic heterocycles. The van der Waals surface area contributed by atoms with Crippen molar-refractivity contribution in [1.29, 1.82) is 0 Å². The minimum absolute atomic E-state index is 0.220. The van der Waals surface area contributed by atoms with Crippen molar-refractivity contribution in [2.45, 2.75) is 12.5 Å². The van der Waals surface area contributed by atoms with Crippen LogP contribution in [0.2, 0.25) is 0 Å². The Morgan fingerprint density at radius 1 is 1.25 bits per heavy atom. The van der Waals surface area contributed by atoms with Gasteiger partial charge in [-0.05, 0) is 17.7 Å². The zero-order valence-electron chi connectivity index (χ0n) is 6.49. The minimum atomic E-state index is 0.220. The van der Waals surface area contributed by atoms with Gasteiger partial charge in [0.1, 0.15) is 6.10 Å². The van der Waals surface area contributed by atoms with Crippen molar-refractivity contribution in [3.63, 3.8) is 0 Å². The molecule has 1 aliphatic heterocycles. The molecule has 1 aromatic rings. The van der Waals surface area contributed by atoms with E-state index in [9.17, 15) is 0 Å². The molecule has 3 rings (SSSR count). The van der Waals surface area contributed by atoms with Crippen LogP contribution < -0.4 is 4.89 Å². The Kier molecular flexibility index (Phi) is 1.10. The molecule has 0 radical (unpaired) electrons. The summed E-state index contributed by atoms with van der Waals surface area (Å²) in [6, 6.07) is 7.89. The Bertz CT molecular complexity index is 355. The molecule has 1 aliphatic carbocycles. The molecule has 1 saturated carbocycles. The molecule has 1 aromatic carbocycles. The van der Waals surface area contributed by atoms with Gasteiger partial charge < -0.3 is 4.89 Å². The Morgan fingerprint density at radius 3 is 3.17 bits per heavy atom. The van der Waals surface area contributed by atoms with Crippen LogP contribution in [-0.4, -0.2) is 6.10 Å². The van der Waals surface area contributed by atoms with E-state index < -0.39 is 0 Å². The third kappa shape index (κ3) is 0.850. The summed E-state index contributed by atoms with van der Waals surface area (Å²) in [5.41, 5.74) is 2.45. The van der Waals surface area contributed by atoms with Gasteiger partial charge in [-0.25, -0.2) is 0 Å². The van der Waals surface area contributed by atoms with E-state index in [2.05, 4.69) is 6.08 Å². The lowest BCUT2D eigenvalue weighted by atomic mass is 10.2. The van der Waals surface area contributed by atoms with Gasteiger partial charge in [0.05, 0.1) is 0 Å². The monoisotopic (exact) mass is 160 g/mol. The molecule has 2 aliphatic rings. The van der Waals surface area contributed by atoms with Crippen LogP contribution in [0.4, 0.5) is 0 Å². The van der Waals surface area contributed by atoms with Gasteiger partial charge in [-0.2, -0.15) is 4.89 Å². The minimum Gasteiger partial charge on any atom is -0.336 e. The zero-order valence-corrected chi connectivity index (χ0v) is 6.49. The van der Waals surface area contributed by atoms with E-state index in [0.717, 1.165) is 17.7 Å². The number of hydrogen-bond acceptors (Lipinski definition) is 2. The summed E-state index contributed by atoms with van der Waals surface area (Å²) in [4.78, 5) is 10.3. The fourth-order valence-electron chi connectivity index (χ4n) is 1.39. The smallest absolute Gasteiger partial charge is 0.172 e. The normalized spacial score (nSPS) is 24.3. The Hall–Kier alpha value is -1.28. The number of hydrogen-bond donors (Lipinski definition) is 0. The van der Waals surface area contributed by atoms with Crippen molar-refractivity contribution in [1.82, 2.24) is 0 Å². The lowest BCUT2D eigenvalue weighted by Crippen LogP contribution is -1.98. The van der Waals surface area contributed by atoms with E-state index in [4.69, 9.17) is 9.78 Å². The first-order valence-corrected chi connectivity index (χ1v) is 4.06. The standard InChI is InChI=1S/C10H8O2/c1-2-4-9-7(3-1)5-8-6-10(8)12-11-9/h1-5,10H,6H2.